The van der Waals surface area contributed by atoms with Gasteiger partial charge in [-0.05, 0) is 88.8 Å². The maximum absolute atomic E-state index is 10.8. The fourth-order valence-electron chi connectivity index (χ4n) is 6.38. The van der Waals surface area contributed by atoms with Crippen molar-refractivity contribution in [2.75, 3.05) is 11.2 Å². The predicted molar refractivity (Wildman–Crippen MR) is 142 cm³/mol. The molecule has 0 spiro atoms. The van der Waals surface area contributed by atoms with Crippen molar-refractivity contribution >= 4 is 17.6 Å². The van der Waals surface area contributed by atoms with E-state index in [1.54, 1.807) is 12.3 Å². The summed E-state index contributed by atoms with van der Waals surface area (Å²) in [6.45, 7) is 4.76. The monoisotopic (exact) mass is 503 g/mol. The van der Waals surface area contributed by atoms with E-state index in [2.05, 4.69) is 49.4 Å². The standard InChI is InChI=1S/C27H33N7OS/c1-26-9-4-10-27(2,33-26)14-20(13-26)34(19-6-7-19)23-16-28-25(32-30-23)21-8-5-17(11-22(21)35)18-12-24(36-3)31-29-15-18/h5,8,11-12,15-16,19-20,33,35H,4,6-7,9-10,13-14H2,1-3H3/t20-,26-,27+. The minimum absolute atomic E-state index is 0.121. The van der Waals surface area contributed by atoms with Crippen molar-refractivity contribution in [3.8, 4) is 28.3 Å². The van der Waals surface area contributed by atoms with Crippen LogP contribution < -0.4 is 10.2 Å². The Bertz CT molecular complexity index is 1250. The van der Waals surface area contributed by atoms with Gasteiger partial charge < -0.3 is 15.3 Å². The maximum atomic E-state index is 10.8. The zero-order valence-electron chi connectivity index (χ0n) is 21.1. The van der Waals surface area contributed by atoms with Gasteiger partial charge in [-0.15, -0.1) is 27.1 Å². The molecular weight excluding hydrogens is 470 g/mol. The number of hydrogen-bond acceptors (Lipinski definition) is 9. The molecule has 188 valence electrons. The van der Waals surface area contributed by atoms with E-state index in [1.807, 2.05) is 30.7 Å². The lowest BCUT2D eigenvalue weighted by Gasteiger charge is -2.55. The van der Waals surface area contributed by atoms with Crippen LogP contribution in [0.1, 0.15) is 58.8 Å². The van der Waals surface area contributed by atoms with Gasteiger partial charge in [-0.2, -0.15) is 5.10 Å². The number of aromatic nitrogens is 5. The highest BCUT2D eigenvalue weighted by molar-refractivity contribution is 7.98. The van der Waals surface area contributed by atoms with Gasteiger partial charge in [0.1, 0.15) is 10.8 Å². The summed E-state index contributed by atoms with van der Waals surface area (Å²) in [5, 5.41) is 32.8. The van der Waals surface area contributed by atoms with E-state index in [9.17, 15) is 5.11 Å². The van der Waals surface area contributed by atoms with Gasteiger partial charge in [0.2, 0.25) is 0 Å². The molecule has 1 saturated carbocycles. The molecule has 0 unspecified atom stereocenters. The third-order valence-corrected chi connectivity index (χ3v) is 8.61. The van der Waals surface area contributed by atoms with E-state index in [0.717, 1.165) is 34.8 Å². The number of phenols is 1. The van der Waals surface area contributed by atoms with Crippen LogP contribution in [0.4, 0.5) is 5.82 Å². The number of fused-ring (bicyclic) bond motifs is 2. The number of thioether (sulfide) groups is 1. The molecule has 6 rings (SSSR count). The molecule has 2 saturated heterocycles. The van der Waals surface area contributed by atoms with E-state index in [0.29, 0.717) is 23.5 Å². The van der Waals surface area contributed by atoms with Crippen LogP contribution in [0.2, 0.25) is 0 Å². The van der Waals surface area contributed by atoms with Crippen molar-refractivity contribution < 1.29 is 5.11 Å². The molecule has 9 heteroatoms. The Morgan fingerprint density at radius 1 is 0.972 bits per heavy atom. The van der Waals surface area contributed by atoms with E-state index in [-0.39, 0.29) is 16.8 Å². The molecule has 3 fully saturated rings. The van der Waals surface area contributed by atoms with Gasteiger partial charge in [-0.3, -0.25) is 0 Å². The number of piperidine rings is 2. The first-order valence-electron chi connectivity index (χ1n) is 12.8. The predicted octanol–water partition coefficient (Wildman–Crippen LogP) is 4.85. The second kappa shape index (κ2) is 8.95. The van der Waals surface area contributed by atoms with Crippen LogP contribution in [-0.4, -0.2) is 59.9 Å². The van der Waals surface area contributed by atoms with Crippen molar-refractivity contribution in [3.63, 3.8) is 0 Å². The summed E-state index contributed by atoms with van der Waals surface area (Å²) in [6.07, 6.45) is 13.9. The van der Waals surface area contributed by atoms with Gasteiger partial charge >= 0.3 is 0 Å². The maximum Gasteiger partial charge on any atom is 0.185 e. The van der Waals surface area contributed by atoms with Crippen LogP contribution in [0.5, 0.6) is 5.75 Å². The highest BCUT2D eigenvalue weighted by Gasteiger charge is 2.49. The van der Waals surface area contributed by atoms with Crippen LogP contribution in [0, 0.1) is 0 Å². The number of benzene rings is 1. The van der Waals surface area contributed by atoms with Crippen LogP contribution in [-0.2, 0) is 0 Å². The minimum Gasteiger partial charge on any atom is -0.507 e. The summed E-state index contributed by atoms with van der Waals surface area (Å²) in [7, 11) is 0. The van der Waals surface area contributed by atoms with E-state index < -0.39 is 0 Å². The quantitative estimate of drug-likeness (QED) is 0.457. The van der Waals surface area contributed by atoms with Crippen LogP contribution in [0.15, 0.2) is 41.7 Å². The number of nitrogens with one attached hydrogen (secondary N) is 1. The molecule has 3 aromatic rings. The lowest BCUT2D eigenvalue weighted by atomic mass is 9.69. The first kappa shape index (κ1) is 23.6. The molecular formula is C27H33N7OS. The Kier molecular flexibility index (Phi) is 5.87. The Labute approximate surface area is 216 Å². The Hall–Kier alpha value is -2.78. The molecule has 3 aliphatic rings. The number of nitrogens with zero attached hydrogens (tertiary/aromatic N) is 6. The second-order valence-corrected chi connectivity index (χ2v) is 12.0. The summed E-state index contributed by atoms with van der Waals surface area (Å²) in [5.74, 6) is 1.40. The second-order valence-electron chi connectivity index (χ2n) is 11.2. The lowest BCUT2D eigenvalue weighted by molar-refractivity contribution is 0.0766. The third kappa shape index (κ3) is 4.54. The third-order valence-electron chi connectivity index (χ3n) is 7.99. The zero-order valence-corrected chi connectivity index (χ0v) is 21.9. The average Bonchev–Trinajstić information content (AvgIpc) is 3.69. The average molecular weight is 504 g/mol. The first-order chi connectivity index (χ1) is 17.3. The SMILES string of the molecule is CSc1cc(-c2ccc(-c3ncc(N(C4CC4)[C@H]4C[C@]5(C)CCC[C@](C)(C4)N5)nn3)c(O)c2)cnn1. The number of aromatic hydroxyl groups is 1. The number of anilines is 1. The van der Waals surface area contributed by atoms with Crippen LogP contribution in [0.3, 0.4) is 0 Å². The molecule has 0 radical (unpaired) electrons. The number of hydrogen-bond donors (Lipinski definition) is 2. The van der Waals surface area contributed by atoms with Crippen LogP contribution >= 0.6 is 11.8 Å². The summed E-state index contributed by atoms with van der Waals surface area (Å²) in [6, 6.07) is 8.42. The molecule has 0 amide bonds. The summed E-state index contributed by atoms with van der Waals surface area (Å²) in [4.78, 5) is 7.15. The fourth-order valence-corrected chi connectivity index (χ4v) is 6.75. The topological polar surface area (TPSA) is 100.0 Å². The molecule has 2 aromatic heterocycles. The Balaban J connectivity index is 1.25. The number of phenolic OH excluding ortho intramolecular Hbond substituents is 1. The normalized spacial score (nSPS) is 27.6. The van der Waals surface area contributed by atoms with Crippen molar-refractivity contribution in [2.24, 2.45) is 0 Å². The Morgan fingerprint density at radius 2 is 1.75 bits per heavy atom. The van der Waals surface area contributed by atoms with Gasteiger partial charge in [0.25, 0.3) is 0 Å². The van der Waals surface area contributed by atoms with Crippen LogP contribution in [0.25, 0.3) is 22.5 Å². The van der Waals surface area contributed by atoms with Crippen molar-refractivity contribution in [3.05, 3.63) is 36.7 Å². The molecule has 2 N–H and O–H groups in total. The summed E-state index contributed by atoms with van der Waals surface area (Å²) >= 11 is 1.53. The van der Waals surface area contributed by atoms with Gasteiger partial charge in [-0.25, -0.2) is 4.98 Å². The smallest absolute Gasteiger partial charge is 0.185 e. The van der Waals surface area contributed by atoms with E-state index in [4.69, 9.17) is 0 Å². The Morgan fingerprint density at radius 3 is 2.39 bits per heavy atom. The van der Waals surface area contributed by atoms with E-state index >= 15 is 0 Å². The van der Waals surface area contributed by atoms with Crippen molar-refractivity contribution in [1.29, 1.82) is 0 Å². The molecule has 1 aromatic carbocycles. The van der Waals surface area contributed by atoms with Gasteiger partial charge in [0.15, 0.2) is 11.6 Å². The fraction of sp³-hybridized carbons (Fsp3) is 0.519. The number of rotatable bonds is 6. The highest BCUT2D eigenvalue weighted by Crippen LogP contribution is 2.45. The highest BCUT2D eigenvalue weighted by atomic mass is 32.2. The summed E-state index contributed by atoms with van der Waals surface area (Å²) in [5.41, 5.74) is 2.69. The van der Waals surface area contributed by atoms with Gasteiger partial charge in [0.05, 0.1) is 18.0 Å². The molecule has 1 aliphatic carbocycles. The van der Waals surface area contributed by atoms with E-state index in [1.165, 1.54) is 43.9 Å². The van der Waals surface area contributed by atoms with Crippen molar-refractivity contribution in [1.82, 2.24) is 30.7 Å². The van der Waals surface area contributed by atoms with Gasteiger partial charge in [0, 0.05) is 28.7 Å². The first-order valence-corrected chi connectivity index (χ1v) is 14.1. The molecule has 3 atom stereocenters. The van der Waals surface area contributed by atoms with Gasteiger partial charge in [-0.1, -0.05) is 6.07 Å². The summed E-state index contributed by atoms with van der Waals surface area (Å²) < 4.78 is 0. The molecule has 2 aliphatic heterocycles. The molecule has 2 bridgehead atoms. The molecule has 8 nitrogen and oxygen atoms in total. The minimum atomic E-state index is 0.121. The lowest BCUT2D eigenvalue weighted by Crippen LogP contribution is -2.67. The van der Waals surface area contributed by atoms with Crippen molar-refractivity contribution in [2.45, 2.75) is 87.0 Å². The molecule has 36 heavy (non-hydrogen) atoms. The largest absolute Gasteiger partial charge is 0.507 e. The zero-order chi connectivity index (χ0) is 24.9. The molecule has 4 heterocycles.